The van der Waals surface area contributed by atoms with Crippen LogP contribution in [0.4, 0.5) is 9.59 Å². The summed E-state index contributed by atoms with van der Waals surface area (Å²) in [7, 11) is -2.87. The number of benzene rings is 1. The molecule has 1 aromatic carbocycles. The molecule has 72 heavy (non-hydrogen) atoms. The summed E-state index contributed by atoms with van der Waals surface area (Å²) in [5.41, 5.74) is -3.80. The molecule has 0 spiro atoms. The summed E-state index contributed by atoms with van der Waals surface area (Å²) in [6.07, 6.45) is 10.5. The lowest BCUT2D eigenvalue weighted by Gasteiger charge is -2.35. The summed E-state index contributed by atoms with van der Waals surface area (Å²) in [5.74, 6) is -2.53. The number of nitrogens with zero attached hydrogens (tertiary/aromatic N) is 2. The molecule has 1 aliphatic heterocycles. The Labute approximate surface area is 423 Å². The Morgan fingerprint density at radius 1 is 0.847 bits per heavy atom. The van der Waals surface area contributed by atoms with Gasteiger partial charge in [-0.2, -0.15) is 8.42 Å². The fourth-order valence-electron chi connectivity index (χ4n) is 9.99. The Balaban J connectivity index is 0.000000397. The van der Waals surface area contributed by atoms with Gasteiger partial charge in [-0.05, 0) is 141 Å². The van der Waals surface area contributed by atoms with E-state index >= 15 is 0 Å². The van der Waals surface area contributed by atoms with Gasteiger partial charge in [0.15, 0.2) is 0 Å². The number of nitrogens with one attached hydrogen (secondary N) is 4. The third kappa shape index (κ3) is 15.1. The molecule has 5 amide bonds. The predicted octanol–water partition coefficient (Wildman–Crippen LogP) is 6.82. The molecule has 2 heterocycles. The van der Waals surface area contributed by atoms with Crippen molar-refractivity contribution in [3.05, 3.63) is 30.5 Å². The van der Waals surface area contributed by atoms with Gasteiger partial charge in [0.1, 0.15) is 46.7 Å². The van der Waals surface area contributed by atoms with Gasteiger partial charge in [0, 0.05) is 18.0 Å². The lowest BCUT2D eigenvalue weighted by molar-refractivity contribution is -0.142. The number of hydrogen-bond donors (Lipinski definition) is 5. The van der Waals surface area contributed by atoms with Crippen LogP contribution in [0.25, 0.3) is 10.8 Å². The van der Waals surface area contributed by atoms with Gasteiger partial charge in [0.05, 0.1) is 19.3 Å². The second-order valence-electron chi connectivity index (χ2n) is 22.3. The topological polar surface area (TPSA) is 267 Å². The average molecular weight is 1030 g/mol. The number of amides is 5. The molecule has 0 bridgehead atoms. The van der Waals surface area contributed by atoms with Crippen LogP contribution in [-0.4, -0.2) is 120 Å². The van der Waals surface area contributed by atoms with Crippen LogP contribution in [0.3, 0.4) is 0 Å². The van der Waals surface area contributed by atoms with E-state index in [0.29, 0.717) is 49.1 Å². The summed E-state index contributed by atoms with van der Waals surface area (Å²) < 4.78 is 55.3. The number of alkyl carbamates (subject to hydrolysis) is 2. The number of carbonyl (C=O) groups excluding carboxylic acids is 5. The molecular weight excluding hydrogens is 953 g/mol. The first kappa shape index (κ1) is 55.9. The molecule has 21 heteroatoms. The second-order valence-corrected chi connectivity index (χ2v) is 23.5. The average Bonchev–Trinajstić information content (AvgIpc) is 4.17. The molecule has 5 fully saturated rings. The molecule has 1 aromatic heterocycles. The first-order valence-electron chi connectivity index (χ1n) is 25.5. The Kier molecular flexibility index (Phi) is 17.7. The molecule has 0 unspecified atom stereocenters. The van der Waals surface area contributed by atoms with E-state index in [4.69, 9.17) is 23.1 Å². The van der Waals surface area contributed by atoms with Crippen LogP contribution in [-0.2, 0) is 43.1 Å². The highest BCUT2D eigenvalue weighted by Gasteiger charge is 2.62. The quantitative estimate of drug-likeness (QED) is 0.115. The first-order chi connectivity index (χ1) is 33.7. The molecule has 0 radical (unpaired) electrons. The van der Waals surface area contributed by atoms with E-state index in [1.54, 1.807) is 67.8 Å². The molecule has 5 aliphatic rings. The van der Waals surface area contributed by atoms with Gasteiger partial charge >= 0.3 is 28.5 Å². The zero-order valence-corrected chi connectivity index (χ0v) is 44.1. The van der Waals surface area contributed by atoms with Gasteiger partial charge in [-0.25, -0.2) is 28.3 Å². The summed E-state index contributed by atoms with van der Waals surface area (Å²) in [5, 5.41) is 18.9. The predicted molar refractivity (Wildman–Crippen MR) is 265 cm³/mol. The summed E-state index contributed by atoms with van der Waals surface area (Å²) in [4.78, 5) is 84.6. The van der Waals surface area contributed by atoms with Crippen LogP contribution in [0, 0.1) is 17.8 Å². The molecular formula is C51H76N6O14S. The summed E-state index contributed by atoms with van der Waals surface area (Å²) in [6.45, 7) is 14.0. The molecule has 1 saturated heterocycles. The number of carboxylic acids is 1. The number of ether oxygens (including phenoxy) is 4. The number of aliphatic carboxylic acids is 1. The zero-order chi connectivity index (χ0) is 52.8. The van der Waals surface area contributed by atoms with E-state index in [2.05, 4.69) is 20.9 Å². The highest BCUT2D eigenvalue weighted by atomic mass is 32.2. The van der Waals surface area contributed by atoms with Crippen LogP contribution in [0.2, 0.25) is 0 Å². The van der Waals surface area contributed by atoms with Crippen molar-refractivity contribution < 1.29 is 65.4 Å². The third-order valence-corrected chi connectivity index (χ3v) is 15.1. The molecule has 5 N–H and O–H groups in total. The maximum Gasteiger partial charge on any atom is 0.408 e. The largest absolute Gasteiger partial charge is 0.497 e. The Bertz CT molecular complexity index is 2410. The molecule has 20 nitrogen and oxygen atoms in total. The van der Waals surface area contributed by atoms with Crippen LogP contribution in [0.5, 0.6) is 11.6 Å². The maximum absolute atomic E-state index is 14.7. The number of aromatic nitrogens is 1. The van der Waals surface area contributed by atoms with Gasteiger partial charge in [-0.1, -0.05) is 51.9 Å². The molecule has 7 rings (SSSR count). The van der Waals surface area contributed by atoms with Crippen molar-refractivity contribution in [1.82, 2.24) is 30.6 Å². The Hall–Kier alpha value is -5.44. The fourth-order valence-corrected chi connectivity index (χ4v) is 11.1. The maximum atomic E-state index is 14.7. The van der Waals surface area contributed by atoms with Crippen LogP contribution in [0.1, 0.15) is 152 Å². The zero-order valence-electron chi connectivity index (χ0n) is 43.3. The third-order valence-electron chi connectivity index (χ3n) is 14.0. The Morgan fingerprint density at radius 3 is 1.93 bits per heavy atom. The Morgan fingerprint density at radius 2 is 1.42 bits per heavy atom. The van der Waals surface area contributed by atoms with Gasteiger partial charge in [0.2, 0.25) is 17.7 Å². The first-order valence-corrected chi connectivity index (χ1v) is 26.9. The molecule has 6 atom stereocenters. The molecule has 4 aliphatic carbocycles. The lowest BCUT2D eigenvalue weighted by atomic mass is 9.83. The smallest absolute Gasteiger partial charge is 0.408 e. The molecule has 4 saturated carbocycles. The SMILES string of the molecule is CC(C)(C)OC(=O)N[C@H](C(=O)O)C1CCCCC1.CC[C@@H]1C[C@]1(NC(=O)[C@@H]1C[C@@H](Oc2nccc3cc(OC)ccc23)CN1C(=O)[C@@H](NC(=O)OC(C)(C)C)C1CCCCC1)C(=O)NS(=O)(=O)OC1(C)CC1. The van der Waals surface area contributed by atoms with E-state index < -0.39 is 92.8 Å². The van der Waals surface area contributed by atoms with Crippen molar-refractivity contribution in [2.45, 2.75) is 198 Å². The van der Waals surface area contributed by atoms with Crippen molar-refractivity contribution in [3.63, 3.8) is 0 Å². The summed E-state index contributed by atoms with van der Waals surface area (Å²) >= 11 is 0. The lowest BCUT2D eigenvalue weighted by Crippen LogP contribution is -2.59. The van der Waals surface area contributed by atoms with E-state index in [0.717, 1.165) is 56.8 Å². The molecule has 400 valence electrons. The van der Waals surface area contributed by atoms with Crippen molar-refractivity contribution >= 4 is 57.0 Å². The summed E-state index contributed by atoms with van der Waals surface area (Å²) in [6, 6.07) is 4.35. The number of carboxylic acid groups (broad SMARTS) is 1. The van der Waals surface area contributed by atoms with Gasteiger partial charge in [-0.3, -0.25) is 14.4 Å². The van der Waals surface area contributed by atoms with E-state index in [-0.39, 0.29) is 37.1 Å². The van der Waals surface area contributed by atoms with Gasteiger partial charge in [0.25, 0.3) is 5.91 Å². The minimum Gasteiger partial charge on any atom is -0.497 e. The monoisotopic (exact) mass is 1030 g/mol. The van der Waals surface area contributed by atoms with E-state index in [1.165, 1.54) is 4.90 Å². The number of fused-ring (bicyclic) bond motifs is 1. The number of rotatable bonds is 16. The van der Waals surface area contributed by atoms with Crippen molar-refractivity contribution in [2.75, 3.05) is 13.7 Å². The fraction of sp³-hybridized carbons (Fsp3) is 0.706. The van der Waals surface area contributed by atoms with Crippen molar-refractivity contribution in [3.8, 4) is 11.6 Å². The van der Waals surface area contributed by atoms with Crippen molar-refractivity contribution in [1.29, 1.82) is 0 Å². The number of pyridine rings is 1. The van der Waals surface area contributed by atoms with Crippen LogP contribution >= 0.6 is 0 Å². The van der Waals surface area contributed by atoms with Crippen LogP contribution in [0.15, 0.2) is 30.5 Å². The second kappa shape index (κ2) is 22.8. The minimum absolute atomic E-state index is 0.0123. The van der Waals surface area contributed by atoms with Crippen molar-refractivity contribution in [2.24, 2.45) is 17.8 Å². The minimum atomic E-state index is -4.45. The van der Waals surface area contributed by atoms with Gasteiger partial charge in [-0.15, -0.1) is 0 Å². The number of methoxy groups -OCH3 is 1. The van der Waals surface area contributed by atoms with E-state index in [9.17, 15) is 42.3 Å². The van der Waals surface area contributed by atoms with E-state index in [1.807, 2.05) is 29.8 Å². The normalized spacial score (nSPS) is 24.0. The number of hydrogen-bond acceptors (Lipinski definition) is 14. The highest BCUT2D eigenvalue weighted by molar-refractivity contribution is 7.85. The standard InChI is InChI=1S/C38H53N5O10S.C13H23NO4/c1-7-25-21-38(25,34(46)42-54(48,49)53-37(5)16-17-37)41-31(44)29-20-27(51-32-28-14-13-26(50-6)19-24(28)15-18-39-32)22-43(29)33(45)30(23-11-9-8-10-12-23)40-35(47)52-36(2,3)4;1-13(2,3)18-12(17)14-10(11(15)16)9-7-5-4-6-8-9/h13-15,18-19,23,25,27,29-30H,7-12,16-17,20-22H2,1-6H3,(H,40,47)(H,41,44)(H,42,46);9-10H,4-8H2,1-3H3,(H,14,17)(H,15,16)/t25-,27-,29+,30+,38-;10-/m10/s1. The van der Waals surface area contributed by atoms with Gasteiger partial charge < -0.3 is 44.9 Å². The number of likely N-dealkylation sites (tertiary alicyclic amines) is 1. The molecule has 2 aromatic rings. The highest BCUT2D eigenvalue weighted by Crippen LogP contribution is 2.47. The number of carbonyl (C=O) groups is 6. The van der Waals surface area contributed by atoms with Crippen LogP contribution < -0.4 is 30.1 Å².